The number of nitrogens with zero attached hydrogens (tertiary/aromatic N) is 3. The maximum absolute atomic E-state index is 12.3. The molecule has 3 aromatic rings. The van der Waals surface area contributed by atoms with Crippen molar-refractivity contribution in [2.75, 3.05) is 10.6 Å². The molecule has 2 aromatic heterocycles. The molecule has 2 N–H and O–H groups in total. The Bertz CT molecular complexity index is 911. The fourth-order valence-corrected chi connectivity index (χ4v) is 2.24. The molecule has 0 aliphatic heterocycles. The van der Waals surface area contributed by atoms with Gasteiger partial charge in [0.2, 0.25) is 0 Å². The van der Waals surface area contributed by atoms with E-state index in [-0.39, 0.29) is 17.4 Å². The van der Waals surface area contributed by atoms with Gasteiger partial charge in [0.1, 0.15) is 11.5 Å². The largest absolute Gasteiger partial charge is 0.365 e. The molecule has 2 heterocycles. The number of Topliss-reactive ketones (excluding diaryl/α,β-unsaturated/α-hetero) is 1. The SMILES string of the molecule is CC(=O)c1cccc(NC(=O)c2cnc(NCc3ccncc3)cn2)c1. The Hall–Kier alpha value is -3.61. The van der Waals surface area contributed by atoms with Crippen LogP contribution in [0.15, 0.2) is 61.2 Å². The van der Waals surface area contributed by atoms with Crippen molar-refractivity contribution >= 4 is 23.2 Å². The second kappa shape index (κ2) is 7.98. The van der Waals surface area contributed by atoms with Crippen molar-refractivity contribution in [3.8, 4) is 0 Å². The molecule has 26 heavy (non-hydrogen) atoms. The van der Waals surface area contributed by atoms with E-state index >= 15 is 0 Å². The second-order valence-corrected chi connectivity index (χ2v) is 5.59. The summed E-state index contributed by atoms with van der Waals surface area (Å²) in [7, 11) is 0. The average Bonchev–Trinajstić information content (AvgIpc) is 2.68. The fourth-order valence-electron chi connectivity index (χ4n) is 2.24. The molecule has 1 amide bonds. The van der Waals surface area contributed by atoms with E-state index in [1.165, 1.54) is 19.3 Å². The van der Waals surface area contributed by atoms with Crippen LogP contribution in [0.5, 0.6) is 0 Å². The van der Waals surface area contributed by atoms with Gasteiger partial charge in [-0.25, -0.2) is 9.97 Å². The molecule has 0 aliphatic rings. The highest BCUT2D eigenvalue weighted by molar-refractivity contribution is 6.03. The Morgan fingerprint density at radius 3 is 2.54 bits per heavy atom. The number of carbonyl (C=O) groups is 2. The van der Waals surface area contributed by atoms with Crippen LogP contribution in [0.3, 0.4) is 0 Å². The molecule has 0 spiro atoms. The van der Waals surface area contributed by atoms with E-state index in [1.807, 2.05) is 12.1 Å². The minimum absolute atomic E-state index is 0.0643. The lowest BCUT2D eigenvalue weighted by Crippen LogP contribution is -2.14. The van der Waals surface area contributed by atoms with Gasteiger partial charge in [0.05, 0.1) is 12.4 Å². The number of amides is 1. The topological polar surface area (TPSA) is 96.9 Å². The summed E-state index contributed by atoms with van der Waals surface area (Å²) >= 11 is 0. The van der Waals surface area contributed by atoms with Gasteiger partial charge in [-0.05, 0) is 36.8 Å². The number of ketones is 1. The first-order chi connectivity index (χ1) is 12.6. The monoisotopic (exact) mass is 347 g/mol. The van der Waals surface area contributed by atoms with Gasteiger partial charge in [-0.15, -0.1) is 0 Å². The van der Waals surface area contributed by atoms with Gasteiger partial charge in [-0.3, -0.25) is 14.6 Å². The van der Waals surface area contributed by atoms with Crippen molar-refractivity contribution < 1.29 is 9.59 Å². The van der Waals surface area contributed by atoms with E-state index in [0.717, 1.165) is 5.56 Å². The first kappa shape index (κ1) is 17.2. The predicted molar refractivity (Wildman–Crippen MR) is 98.0 cm³/mol. The standard InChI is InChI=1S/C19H17N5O2/c1-13(25)15-3-2-4-16(9-15)24-19(26)17-11-23-18(12-21-17)22-10-14-5-7-20-8-6-14/h2-9,11-12H,10H2,1H3,(H,22,23)(H,24,26). The van der Waals surface area contributed by atoms with Crippen LogP contribution in [0.2, 0.25) is 0 Å². The molecule has 0 saturated heterocycles. The number of rotatable bonds is 6. The normalized spacial score (nSPS) is 10.2. The highest BCUT2D eigenvalue weighted by atomic mass is 16.2. The van der Waals surface area contributed by atoms with Crippen LogP contribution in [-0.4, -0.2) is 26.6 Å². The molecule has 0 unspecified atom stereocenters. The molecular weight excluding hydrogens is 330 g/mol. The van der Waals surface area contributed by atoms with E-state index < -0.39 is 0 Å². The van der Waals surface area contributed by atoms with E-state index in [0.29, 0.717) is 23.6 Å². The first-order valence-electron chi connectivity index (χ1n) is 7.99. The number of anilines is 2. The van der Waals surface area contributed by atoms with Crippen LogP contribution in [-0.2, 0) is 6.54 Å². The number of aromatic nitrogens is 3. The van der Waals surface area contributed by atoms with Crippen LogP contribution in [0, 0.1) is 0 Å². The third-order valence-electron chi connectivity index (χ3n) is 3.63. The van der Waals surface area contributed by atoms with Gasteiger partial charge in [0.25, 0.3) is 5.91 Å². The summed E-state index contributed by atoms with van der Waals surface area (Å²) in [5, 5.41) is 5.84. The van der Waals surface area contributed by atoms with E-state index in [1.54, 1.807) is 36.7 Å². The lowest BCUT2D eigenvalue weighted by molar-refractivity contribution is 0.100. The molecule has 0 bridgehead atoms. The molecule has 0 atom stereocenters. The smallest absolute Gasteiger partial charge is 0.275 e. The van der Waals surface area contributed by atoms with Crippen molar-refractivity contribution in [3.63, 3.8) is 0 Å². The minimum Gasteiger partial charge on any atom is -0.365 e. The summed E-state index contributed by atoms with van der Waals surface area (Å²) in [6.45, 7) is 2.06. The number of carbonyl (C=O) groups excluding carboxylic acids is 2. The number of pyridine rings is 1. The van der Waals surface area contributed by atoms with Gasteiger partial charge in [-0.2, -0.15) is 0 Å². The maximum Gasteiger partial charge on any atom is 0.275 e. The number of benzene rings is 1. The first-order valence-corrected chi connectivity index (χ1v) is 7.99. The molecule has 7 nitrogen and oxygen atoms in total. The maximum atomic E-state index is 12.3. The van der Waals surface area contributed by atoms with Gasteiger partial charge in [-0.1, -0.05) is 12.1 Å². The number of nitrogens with one attached hydrogen (secondary N) is 2. The van der Waals surface area contributed by atoms with E-state index in [4.69, 9.17) is 0 Å². The quantitative estimate of drug-likeness (QED) is 0.666. The summed E-state index contributed by atoms with van der Waals surface area (Å²) in [5.41, 5.74) is 2.32. The van der Waals surface area contributed by atoms with Crippen LogP contribution < -0.4 is 10.6 Å². The molecular formula is C19H17N5O2. The van der Waals surface area contributed by atoms with Gasteiger partial charge in [0.15, 0.2) is 5.78 Å². The van der Waals surface area contributed by atoms with Crippen molar-refractivity contribution in [1.82, 2.24) is 15.0 Å². The average molecular weight is 347 g/mol. The molecule has 3 rings (SSSR count). The van der Waals surface area contributed by atoms with Gasteiger partial charge < -0.3 is 10.6 Å². The zero-order valence-electron chi connectivity index (χ0n) is 14.1. The van der Waals surface area contributed by atoms with Crippen molar-refractivity contribution in [1.29, 1.82) is 0 Å². The lowest BCUT2D eigenvalue weighted by atomic mass is 10.1. The summed E-state index contributed by atoms with van der Waals surface area (Å²) in [6, 6.07) is 10.5. The molecule has 7 heteroatoms. The summed E-state index contributed by atoms with van der Waals surface area (Å²) < 4.78 is 0. The number of hydrogen-bond acceptors (Lipinski definition) is 6. The zero-order valence-corrected chi connectivity index (χ0v) is 14.1. The van der Waals surface area contributed by atoms with Gasteiger partial charge >= 0.3 is 0 Å². The van der Waals surface area contributed by atoms with Crippen LogP contribution >= 0.6 is 0 Å². The third kappa shape index (κ3) is 4.47. The van der Waals surface area contributed by atoms with Crippen LogP contribution in [0.4, 0.5) is 11.5 Å². The van der Waals surface area contributed by atoms with Crippen molar-refractivity contribution in [2.24, 2.45) is 0 Å². The van der Waals surface area contributed by atoms with Crippen LogP contribution in [0.25, 0.3) is 0 Å². The Morgan fingerprint density at radius 1 is 1.04 bits per heavy atom. The highest BCUT2D eigenvalue weighted by Gasteiger charge is 2.09. The molecule has 1 aromatic carbocycles. The Morgan fingerprint density at radius 2 is 1.85 bits per heavy atom. The molecule has 0 saturated carbocycles. The van der Waals surface area contributed by atoms with E-state index in [9.17, 15) is 9.59 Å². The third-order valence-corrected chi connectivity index (χ3v) is 3.63. The molecule has 0 radical (unpaired) electrons. The highest BCUT2D eigenvalue weighted by Crippen LogP contribution is 2.12. The zero-order chi connectivity index (χ0) is 18.4. The Kier molecular flexibility index (Phi) is 5.28. The van der Waals surface area contributed by atoms with Crippen molar-refractivity contribution in [2.45, 2.75) is 13.5 Å². The number of hydrogen-bond donors (Lipinski definition) is 2. The predicted octanol–water partition coefficient (Wildman–Crippen LogP) is 2.94. The van der Waals surface area contributed by atoms with Crippen molar-refractivity contribution in [3.05, 3.63) is 78.0 Å². The molecule has 0 fully saturated rings. The molecule has 0 aliphatic carbocycles. The summed E-state index contributed by atoms with van der Waals surface area (Å²) in [5.74, 6) is 0.112. The molecule has 130 valence electrons. The minimum atomic E-state index is -0.390. The summed E-state index contributed by atoms with van der Waals surface area (Å²) in [4.78, 5) is 36.0. The Labute approximate surface area is 150 Å². The Balaban J connectivity index is 1.61. The summed E-state index contributed by atoms with van der Waals surface area (Å²) in [6.07, 6.45) is 6.34. The fraction of sp³-hybridized carbons (Fsp3) is 0.105. The second-order valence-electron chi connectivity index (χ2n) is 5.59. The lowest BCUT2D eigenvalue weighted by Gasteiger charge is -2.07. The van der Waals surface area contributed by atoms with Gasteiger partial charge in [0, 0.05) is 30.2 Å². The van der Waals surface area contributed by atoms with Crippen LogP contribution in [0.1, 0.15) is 33.3 Å². The van der Waals surface area contributed by atoms with E-state index in [2.05, 4.69) is 25.6 Å².